The quantitative estimate of drug-likeness (QED) is 0.562. The molecule has 1 aromatic carbocycles. The number of benzene rings is 1. The Morgan fingerprint density at radius 2 is 2.10 bits per heavy atom. The number of methoxy groups -OCH3 is 1. The van der Waals surface area contributed by atoms with E-state index in [4.69, 9.17) is 15.4 Å². The minimum absolute atomic E-state index is 0.00219. The molecule has 0 bridgehead atoms. The highest BCUT2D eigenvalue weighted by Crippen LogP contribution is 2.26. The molecule has 0 heterocycles. The van der Waals surface area contributed by atoms with Crippen LogP contribution in [0, 0.1) is 5.82 Å². The predicted octanol–water partition coefficient (Wildman–Crippen LogP) is 2.67. The van der Waals surface area contributed by atoms with Gasteiger partial charge in [-0.05, 0) is 40.9 Å². The Labute approximate surface area is 135 Å². The molecule has 0 saturated carbocycles. The summed E-state index contributed by atoms with van der Waals surface area (Å²) >= 11 is 3.02. The summed E-state index contributed by atoms with van der Waals surface area (Å²) in [5, 5.41) is 2.61. The van der Waals surface area contributed by atoms with Crippen LogP contribution < -0.4 is 5.32 Å². The smallest absolute Gasteiger partial charge is 0.264 e. The van der Waals surface area contributed by atoms with Gasteiger partial charge >= 0.3 is 0 Å². The van der Waals surface area contributed by atoms with Crippen LogP contribution in [0.4, 0.5) is 4.39 Å². The van der Waals surface area contributed by atoms with Crippen molar-refractivity contribution in [3.8, 4) is 0 Å². The molecule has 0 aliphatic rings. The summed E-state index contributed by atoms with van der Waals surface area (Å²) in [5.41, 5.74) is 0.00219. The molecule has 0 radical (unpaired) electrons. The lowest BCUT2D eigenvalue weighted by Gasteiger charge is -2.09. The maximum atomic E-state index is 13.5. The number of ether oxygens (including phenoxy) is 1. The van der Waals surface area contributed by atoms with Gasteiger partial charge in [-0.1, -0.05) is 0 Å². The first-order chi connectivity index (χ1) is 9.77. The minimum Gasteiger partial charge on any atom is -0.385 e. The zero-order valence-electron chi connectivity index (χ0n) is 11.2. The van der Waals surface area contributed by atoms with Crippen molar-refractivity contribution < 1.29 is 22.3 Å². The van der Waals surface area contributed by atoms with E-state index in [1.165, 1.54) is 0 Å². The van der Waals surface area contributed by atoms with E-state index in [1.807, 2.05) is 0 Å². The zero-order valence-corrected chi connectivity index (χ0v) is 14.3. The molecule has 0 aromatic heterocycles. The molecule has 0 unspecified atom stereocenters. The van der Waals surface area contributed by atoms with E-state index < -0.39 is 25.7 Å². The zero-order chi connectivity index (χ0) is 16.0. The first-order valence-corrected chi connectivity index (χ1v) is 9.08. The number of halogens is 3. The Bertz CT molecular complexity index is 624. The van der Waals surface area contributed by atoms with Crippen LogP contribution in [0.15, 0.2) is 21.5 Å². The molecule has 1 N–H and O–H groups in total. The molecule has 1 rings (SSSR count). The lowest BCUT2D eigenvalue weighted by Crippen LogP contribution is -2.25. The van der Waals surface area contributed by atoms with E-state index in [0.717, 1.165) is 18.6 Å². The SMILES string of the molecule is COCCCCNC(=O)c1cc(S(=O)(=O)Cl)c(F)cc1Br. The summed E-state index contributed by atoms with van der Waals surface area (Å²) in [6.07, 6.45) is 1.49. The number of carbonyl (C=O) groups excluding carboxylic acids is 1. The van der Waals surface area contributed by atoms with Crippen LogP contribution in [-0.2, 0) is 13.8 Å². The maximum absolute atomic E-state index is 13.5. The molecule has 1 aromatic rings. The number of amides is 1. The molecule has 0 fully saturated rings. The average molecular weight is 403 g/mol. The molecule has 118 valence electrons. The van der Waals surface area contributed by atoms with Crippen molar-refractivity contribution in [2.75, 3.05) is 20.3 Å². The number of rotatable bonds is 7. The largest absolute Gasteiger partial charge is 0.385 e. The summed E-state index contributed by atoms with van der Waals surface area (Å²) in [4.78, 5) is 11.2. The van der Waals surface area contributed by atoms with Crippen LogP contribution in [0.2, 0.25) is 0 Å². The highest BCUT2D eigenvalue weighted by Gasteiger charge is 2.21. The van der Waals surface area contributed by atoms with Crippen LogP contribution in [-0.4, -0.2) is 34.6 Å². The Kier molecular flexibility index (Phi) is 7.05. The van der Waals surface area contributed by atoms with Crippen LogP contribution in [0.5, 0.6) is 0 Å². The van der Waals surface area contributed by atoms with Crippen molar-refractivity contribution in [3.05, 3.63) is 28.0 Å². The highest BCUT2D eigenvalue weighted by atomic mass is 79.9. The molecule has 21 heavy (non-hydrogen) atoms. The third kappa shape index (κ3) is 5.54. The van der Waals surface area contributed by atoms with Gasteiger partial charge in [-0.25, -0.2) is 12.8 Å². The molecule has 0 atom stereocenters. The second kappa shape index (κ2) is 8.07. The molecule has 0 saturated heterocycles. The number of unbranched alkanes of at least 4 members (excludes halogenated alkanes) is 1. The fraction of sp³-hybridized carbons (Fsp3) is 0.417. The van der Waals surface area contributed by atoms with Gasteiger partial charge in [-0.2, -0.15) is 0 Å². The second-order valence-corrected chi connectivity index (χ2v) is 7.54. The van der Waals surface area contributed by atoms with Gasteiger partial charge in [0.05, 0.1) is 5.56 Å². The fourth-order valence-corrected chi connectivity index (χ4v) is 2.96. The summed E-state index contributed by atoms with van der Waals surface area (Å²) in [6, 6.07) is 1.81. The van der Waals surface area contributed by atoms with Crippen molar-refractivity contribution in [2.45, 2.75) is 17.7 Å². The number of carbonyl (C=O) groups is 1. The van der Waals surface area contributed by atoms with Gasteiger partial charge < -0.3 is 10.1 Å². The van der Waals surface area contributed by atoms with Gasteiger partial charge in [0.15, 0.2) is 0 Å². The van der Waals surface area contributed by atoms with Crippen molar-refractivity contribution in [1.82, 2.24) is 5.32 Å². The third-order valence-electron chi connectivity index (χ3n) is 2.59. The minimum atomic E-state index is -4.26. The first kappa shape index (κ1) is 18.3. The normalized spacial score (nSPS) is 11.4. The summed E-state index contributed by atoms with van der Waals surface area (Å²) < 4.78 is 41.0. The lowest BCUT2D eigenvalue weighted by molar-refractivity contribution is 0.0950. The second-order valence-electron chi connectivity index (χ2n) is 4.16. The van der Waals surface area contributed by atoms with Crippen LogP contribution in [0.25, 0.3) is 0 Å². The Morgan fingerprint density at radius 3 is 2.67 bits per heavy atom. The Hall–Kier alpha value is -0.700. The standard InChI is InChI=1S/C12H14BrClFNO4S/c1-20-5-3-2-4-16-12(17)8-6-11(21(14,18)19)10(15)7-9(8)13/h6-7H,2-5H2,1H3,(H,16,17). The van der Waals surface area contributed by atoms with Gasteiger partial charge in [0, 0.05) is 35.4 Å². The summed E-state index contributed by atoms with van der Waals surface area (Å²) in [5.74, 6) is -1.53. The molecule has 9 heteroatoms. The Balaban J connectivity index is 2.85. The fourth-order valence-electron chi connectivity index (χ4n) is 1.56. The van der Waals surface area contributed by atoms with Crippen molar-refractivity contribution >= 4 is 41.6 Å². The lowest BCUT2D eigenvalue weighted by atomic mass is 10.2. The topological polar surface area (TPSA) is 72.5 Å². The van der Waals surface area contributed by atoms with Crippen LogP contribution in [0.1, 0.15) is 23.2 Å². The first-order valence-electron chi connectivity index (χ1n) is 5.98. The van der Waals surface area contributed by atoms with E-state index in [9.17, 15) is 17.6 Å². The van der Waals surface area contributed by atoms with Gasteiger partial charge in [-0.15, -0.1) is 0 Å². The van der Waals surface area contributed by atoms with Crippen molar-refractivity contribution in [1.29, 1.82) is 0 Å². The number of hydrogen-bond donors (Lipinski definition) is 1. The third-order valence-corrected chi connectivity index (χ3v) is 4.58. The molecule has 0 aliphatic carbocycles. The van der Waals surface area contributed by atoms with Gasteiger partial charge in [-0.3, -0.25) is 4.79 Å². The van der Waals surface area contributed by atoms with E-state index in [-0.39, 0.29) is 10.0 Å². The molecule has 0 aliphatic heterocycles. The highest BCUT2D eigenvalue weighted by molar-refractivity contribution is 9.10. The Morgan fingerprint density at radius 1 is 1.43 bits per heavy atom. The molecule has 1 amide bonds. The van der Waals surface area contributed by atoms with E-state index in [0.29, 0.717) is 19.6 Å². The number of nitrogens with one attached hydrogen (secondary N) is 1. The predicted molar refractivity (Wildman–Crippen MR) is 80.6 cm³/mol. The van der Waals surface area contributed by atoms with Crippen molar-refractivity contribution in [3.63, 3.8) is 0 Å². The number of hydrogen-bond acceptors (Lipinski definition) is 4. The molecular weight excluding hydrogens is 389 g/mol. The van der Waals surface area contributed by atoms with Crippen molar-refractivity contribution in [2.24, 2.45) is 0 Å². The van der Waals surface area contributed by atoms with E-state index in [2.05, 4.69) is 21.2 Å². The van der Waals surface area contributed by atoms with Crippen LogP contribution in [0.3, 0.4) is 0 Å². The summed E-state index contributed by atoms with van der Waals surface area (Å²) in [6.45, 7) is 0.986. The van der Waals surface area contributed by atoms with Gasteiger partial charge in [0.1, 0.15) is 10.7 Å². The molecule has 0 spiro atoms. The van der Waals surface area contributed by atoms with E-state index >= 15 is 0 Å². The van der Waals surface area contributed by atoms with Crippen LogP contribution >= 0.6 is 26.6 Å². The van der Waals surface area contributed by atoms with Gasteiger partial charge in [0.25, 0.3) is 15.0 Å². The monoisotopic (exact) mass is 401 g/mol. The summed E-state index contributed by atoms with van der Waals surface area (Å²) in [7, 11) is 2.45. The molecule has 5 nitrogen and oxygen atoms in total. The average Bonchev–Trinajstić information content (AvgIpc) is 2.36. The maximum Gasteiger partial charge on any atom is 0.264 e. The van der Waals surface area contributed by atoms with Gasteiger partial charge in [0.2, 0.25) is 0 Å². The molecular formula is C12H14BrClFNO4S. The van der Waals surface area contributed by atoms with E-state index in [1.54, 1.807) is 7.11 Å².